The summed E-state index contributed by atoms with van der Waals surface area (Å²) in [6, 6.07) is 9.24. The van der Waals surface area contributed by atoms with Crippen LogP contribution in [-0.4, -0.2) is 44.8 Å². The van der Waals surface area contributed by atoms with Gasteiger partial charge in [-0.25, -0.2) is 0 Å². The molecule has 1 aliphatic heterocycles. The van der Waals surface area contributed by atoms with Gasteiger partial charge in [-0.2, -0.15) is 0 Å². The summed E-state index contributed by atoms with van der Waals surface area (Å²) >= 11 is 1.28. The van der Waals surface area contributed by atoms with Gasteiger partial charge >= 0.3 is 0 Å². The number of benzene rings is 1. The average Bonchev–Trinajstić information content (AvgIpc) is 3.02. The number of hydrogen-bond acceptors (Lipinski definition) is 6. The zero-order valence-electron chi connectivity index (χ0n) is 11.1. The number of thioether (sulfide) groups is 1. The van der Waals surface area contributed by atoms with E-state index in [1.165, 1.54) is 11.8 Å². The van der Waals surface area contributed by atoms with E-state index in [1.807, 2.05) is 24.3 Å². The molecule has 4 atom stereocenters. The van der Waals surface area contributed by atoms with Crippen LogP contribution >= 0.6 is 11.8 Å². The first-order valence-corrected chi connectivity index (χ1v) is 7.66. The number of furan rings is 1. The first-order chi connectivity index (χ1) is 10.2. The van der Waals surface area contributed by atoms with Crippen molar-refractivity contribution < 1.29 is 24.5 Å². The first-order valence-electron chi connectivity index (χ1n) is 6.61. The maximum atomic E-state index is 10.0. The lowest BCUT2D eigenvalue weighted by molar-refractivity contribution is -0.0785. The molecule has 5 nitrogen and oxygen atoms in total. The SMILES string of the molecule is O[C@@H]1[C@@H](O)[C@@H](Oc2ccccc2-c2ccoc2)SC[C@H]1O. The molecule has 3 rings (SSSR count). The molecule has 0 bridgehead atoms. The van der Waals surface area contributed by atoms with Gasteiger partial charge in [0.15, 0.2) is 5.44 Å². The van der Waals surface area contributed by atoms with Gasteiger partial charge in [-0.3, -0.25) is 0 Å². The smallest absolute Gasteiger partial charge is 0.173 e. The van der Waals surface area contributed by atoms with Crippen LogP contribution in [0.15, 0.2) is 47.3 Å². The van der Waals surface area contributed by atoms with Gasteiger partial charge in [-0.15, -0.1) is 11.8 Å². The van der Waals surface area contributed by atoms with Crippen molar-refractivity contribution in [3.8, 4) is 16.9 Å². The van der Waals surface area contributed by atoms with Crippen LogP contribution in [0.25, 0.3) is 11.1 Å². The van der Waals surface area contributed by atoms with Crippen molar-refractivity contribution in [2.45, 2.75) is 23.7 Å². The molecule has 112 valence electrons. The summed E-state index contributed by atoms with van der Waals surface area (Å²) < 4.78 is 10.9. The van der Waals surface area contributed by atoms with Crippen LogP contribution in [0, 0.1) is 0 Å². The summed E-state index contributed by atoms with van der Waals surface area (Å²) in [5, 5.41) is 29.3. The van der Waals surface area contributed by atoms with E-state index in [2.05, 4.69) is 0 Å². The van der Waals surface area contributed by atoms with Crippen molar-refractivity contribution in [3.05, 3.63) is 42.9 Å². The Kier molecular flexibility index (Phi) is 4.21. The lowest BCUT2D eigenvalue weighted by atomic mass is 10.1. The van der Waals surface area contributed by atoms with E-state index in [4.69, 9.17) is 9.15 Å². The van der Waals surface area contributed by atoms with Crippen molar-refractivity contribution in [1.29, 1.82) is 0 Å². The lowest BCUT2D eigenvalue weighted by Gasteiger charge is -2.34. The maximum absolute atomic E-state index is 10.0. The predicted octanol–water partition coefficient (Wildman–Crippen LogP) is 1.48. The fourth-order valence-corrected chi connectivity index (χ4v) is 3.35. The summed E-state index contributed by atoms with van der Waals surface area (Å²) in [6.07, 6.45) is -0.0794. The molecule has 0 radical (unpaired) electrons. The van der Waals surface area contributed by atoms with Crippen molar-refractivity contribution in [2.24, 2.45) is 0 Å². The van der Waals surface area contributed by atoms with Gasteiger partial charge < -0.3 is 24.5 Å². The Morgan fingerprint density at radius 1 is 1.10 bits per heavy atom. The Balaban J connectivity index is 1.83. The van der Waals surface area contributed by atoms with E-state index >= 15 is 0 Å². The number of ether oxygens (including phenoxy) is 1. The quantitative estimate of drug-likeness (QED) is 0.797. The minimum absolute atomic E-state index is 0.316. The van der Waals surface area contributed by atoms with Gasteiger partial charge in [-0.1, -0.05) is 18.2 Å². The first kappa shape index (κ1) is 14.5. The number of hydrogen-bond donors (Lipinski definition) is 3. The number of para-hydroxylation sites is 1. The molecule has 3 N–H and O–H groups in total. The van der Waals surface area contributed by atoms with Gasteiger partial charge in [0.1, 0.15) is 18.0 Å². The molecule has 1 fully saturated rings. The Hall–Kier alpha value is -1.47. The second kappa shape index (κ2) is 6.11. The molecule has 2 heterocycles. The molecule has 1 aromatic carbocycles. The molecule has 21 heavy (non-hydrogen) atoms. The van der Waals surface area contributed by atoms with Crippen LogP contribution in [-0.2, 0) is 0 Å². The van der Waals surface area contributed by atoms with E-state index in [-0.39, 0.29) is 0 Å². The summed E-state index contributed by atoms with van der Waals surface area (Å²) in [7, 11) is 0. The van der Waals surface area contributed by atoms with Crippen LogP contribution < -0.4 is 4.74 Å². The molecule has 0 aliphatic carbocycles. The van der Waals surface area contributed by atoms with E-state index in [0.29, 0.717) is 11.5 Å². The predicted molar refractivity (Wildman–Crippen MR) is 79.0 cm³/mol. The number of rotatable bonds is 3. The normalized spacial score (nSPS) is 29.3. The highest BCUT2D eigenvalue weighted by atomic mass is 32.2. The standard InChI is InChI=1S/C15H16O5S/c16-11-8-21-15(14(18)13(11)17)20-12-4-2-1-3-10(12)9-5-6-19-7-9/h1-7,11,13-18H,8H2/t11-,13+,14-,15+/m1/s1. The van der Waals surface area contributed by atoms with Gasteiger partial charge in [0.05, 0.1) is 18.6 Å². The molecule has 1 aromatic heterocycles. The Morgan fingerprint density at radius 3 is 2.67 bits per heavy atom. The van der Waals surface area contributed by atoms with Gasteiger partial charge in [0.2, 0.25) is 0 Å². The zero-order chi connectivity index (χ0) is 14.8. The van der Waals surface area contributed by atoms with Crippen LogP contribution in [0.2, 0.25) is 0 Å². The van der Waals surface area contributed by atoms with Gasteiger partial charge in [0, 0.05) is 16.9 Å². The van der Waals surface area contributed by atoms with Crippen LogP contribution in [0.3, 0.4) is 0 Å². The maximum Gasteiger partial charge on any atom is 0.173 e. The molecule has 0 amide bonds. The molecule has 6 heteroatoms. The molecular weight excluding hydrogens is 292 g/mol. The fourth-order valence-electron chi connectivity index (χ4n) is 2.23. The van der Waals surface area contributed by atoms with E-state index in [1.54, 1.807) is 18.6 Å². The van der Waals surface area contributed by atoms with Crippen molar-refractivity contribution in [1.82, 2.24) is 0 Å². The summed E-state index contributed by atoms with van der Waals surface area (Å²) in [5.41, 5.74) is 1.09. The third-order valence-electron chi connectivity index (χ3n) is 3.42. The number of aliphatic hydroxyl groups excluding tert-OH is 3. The van der Waals surface area contributed by atoms with Gasteiger partial charge in [-0.05, 0) is 12.1 Å². The molecule has 0 spiro atoms. The number of aliphatic hydroxyl groups is 3. The topological polar surface area (TPSA) is 83.1 Å². The molecule has 2 aromatic rings. The minimum atomic E-state index is -1.20. The van der Waals surface area contributed by atoms with Crippen molar-refractivity contribution in [3.63, 3.8) is 0 Å². The second-order valence-electron chi connectivity index (χ2n) is 4.88. The monoisotopic (exact) mass is 308 g/mol. The summed E-state index contributed by atoms with van der Waals surface area (Å²) in [4.78, 5) is 0. The molecule has 0 unspecified atom stereocenters. The zero-order valence-corrected chi connectivity index (χ0v) is 11.9. The fraction of sp³-hybridized carbons (Fsp3) is 0.333. The van der Waals surface area contributed by atoms with Crippen molar-refractivity contribution >= 4 is 11.8 Å². The van der Waals surface area contributed by atoms with Gasteiger partial charge in [0.25, 0.3) is 0 Å². The second-order valence-corrected chi connectivity index (χ2v) is 6.01. The molecule has 0 saturated carbocycles. The van der Waals surface area contributed by atoms with Crippen molar-refractivity contribution in [2.75, 3.05) is 5.75 Å². The highest BCUT2D eigenvalue weighted by Crippen LogP contribution is 2.35. The van der Waals surface area contributed by atoms with Crippen LogP contribution in [0.4, 0.5) is 0 Å². The highest BCUT2D eigenvalue weighted by molar-refractivity contribution is 7.99. The summed E-state index contributed by atoms with van der Waals surface area (Å²) in [5.74, 6) is 0.913. The van der Waals surface area contributed by atoms with Crippen LogP contribution in [0.1, 0.15) is 0 Å². The van der Waals surface area contributed by atoms with E-state index < -0.39 is 23.7 Å². The Bertz CT molecular complexity index is 586. The minimum Gasteiger partial charge on any atom is -0.476 e. The van der Waals surface area contributed by atoms with Crippen LogP contribution in [0.5, 0.6) is 5.75 Å². The highest BCUT2D eigenvalue weighted by Gasteiger charge is 2.38. The Morgan fingerprint density at radius 2 is 1.90 bits per heavy atom. The summed E-state index contributed by atoms with van der Waals surface area (Å²) in [6.45, 7) is 0. The van der Waals surface area contributed by atoms with E-state index in [0.717, 1.165) is 11.1 Å². The molecule has 1 aliphatic rings. The molecular formula is C15H16O5S. The van der Waals surface area contributed by atoms with E-state index in [9.17, 15) is 15.3 Å². The molecule has 1 saturated heterocycles. The Labute approximate surface area is 126 Å². The lowest BCUT2D eigenvalue weighted by Crippen LogP contribution is -2.50. The largest absolute Gasteiger partial charge is 0.476 e. The third-order valence-corrected chi connectivity index (χ3v) is 4.65. The average molecular weight is 308 g/mol. The third kappa shape index (κ3) is 2.94.